The molecule has 10 nitrogen and oxygen atoms in total. The number of hydrogen-bond acceptors (Lipinski definition) is 7. The van der Waals surface area contributed by atoms with E-state index in [-0.39, 0.29) is 43.0 Å². The number of carbonyl (C=O) groups excluding carboxylic acids is 2. The standard InChI is InChI=1S/C24H29ClN6O4S2.ClH/c1-14(2)29-7-6-20-18(12-29)28-23(36-20)24(33)31-9-8-30(13-19(31)22(32)26-3)37(34,35)21-11-15-10-16(25)4-5-17(15)27-21;/h4-5,10-11,14,19,27H,6-9,12-13H2,1-3H3,(H,26,32);1H. The van der Waals surface area contributed by atoms with Gasteiger partial charge in [0.15, 0.2) is 5.01 Å². The van der Waals surface area contributed by atoms with Gasteiger partial charge in [0.1, 0.15) is 11.1 Å². The Balaban J connectivity index is 0.00000336. The molecule has 1 aromatic carbocycles. The predicted molar refractivity (Wildman–Crippen MR) is 150 cm³/mol. The molecule has 2 aromatic heterocycles. The molecule has 0 aliphatic carbocycles. The lowest BCUT2D eigenvalue weighted by molar-refractivity contribution is -0.126. The average molecular weight is 602 g/mol. The van der Waals surface area contributed by atoms with Crippen LogP contribution in [0.4, 0.5) is 0 Å². The van der Waals surface area contributed by atoms with Gasteiger partial charge in [0.2, 0.25) is 5.91 Å². The van der Waals surface area contributed by atoms with Crippen LogP contribution in [0.2, 0.25) is 5.02 Å². The van der Waals surface area contributed by atoms with Crippen molar-refractivity contribution in [1.29, 1.82) is 0 Å². The Hall–Kier alpha value is -2.22. The normalized spacial score (nSPS) is 18.9. The van der Waals surface area contributed by atoms with Crippen LogP contribution in [0.3, 0.4) is 0 Å². The molecule has 0 saturated carbocycles. The van der Waals surface area contributed by atoms with Crippen LogP contribution in [-0.4, -0.2) is 89.6 Å². The molecule has 5 rings (SSSR count). The quantitative estimate of drug-likeness (QED) is 0.465. The van der Waals surface area contributed by atoms with Crippen LogP contribution in [0.1, 0.15) is 34.2 Å². The maximum Gasteiger partial charge on any atom is 0.283 e. The minimum atomic E-state index is -3.94. The van der Waals surface area contributed by atoms with E-state index in [4.69, 9.17) is 11.6 Å². The number of nitrogens with zero attached hydrogens (tertiary/aromatic N) is 4. The molecule has 2 aliphatic rings. The van der Waals surface area contributed by atoms with Crippen LogP contribution < -0.4 is 5.32 Å². The summed E-state index contributed by atoms with van der Waals surface area (Å²) < 4.78 is 28.2. The number of amides is 2. The molecular formula is C24H30Cl2N6O4S2. The summed E-state index contributed by atoms with van der Waals surface area (Å²) in [5, 5.41) is 4.11. The van der Waals surface area contributed by atoms with Gasteiger partial charge in [-0.1, -0.05) is 11.6 Å². The molecule has 38 heavy (non-hydrogen) atoms. The van der Waals surface area contributed by atoms with E-state index < -0.39 is 22.0 Å². The summed E-state index contributed by atoms with van der Waals surface area (Å²) in [6, 6.07) is 6.02. The number of thiazole rings is 1. The van der Waals surface area contributed by atoms with Crippen molar-refractivity contribution in [2.45, 2.75) is 43.9 Å². The van der Waals surface area contributed by atoms with Gasteiger partial charge in [-0.25, -0.2) is 13.4 Å². The number of carbonyl (C=O) groups is 2. The van der Waals surface area contributed by atoms with Gasteiger partial charge in [-0.3, -0.25) is 14.5 Å². The molecule has 2 amide bonds. The Bertz CT molecular complexity index is 1470. The number of sulfonamides is 1. The Morgan fingerprint density at radius 1 is 1.21 bits per heavy atom. The maximum absolute atomic E-state index is 13.5. The highest BCUT2D eigenvalue weighted by molar-refractivity contribution is 7.89. The third kappa shape index (κ3) is 5.30. The number of nitrogens with one attached hydrogen (secondary N) is 2. The van der Waals surface area contributed by atoms with Crippen LogP contribution in [0.15, 0.2) is 29.3 Å². The minimum Gasteiger partial charge on any atom is -0.357 e. The van der Waals surface area contributed by atoms with E-state index >= 15 is 0 Å². The SMILES string of the molecule is CNC(=O)C1CN(S(=O)(=O)c2cc3cc(Cl)ccc3[nH]2)CCN1C(=O)c1nc2c(s1)CCN(C(C)C)C2.Cl. The first-order chi connectivity index (χ1) is 17.6. The Labute approximate surface area is 236 Å². The second-order valence-electron chi connectivity index (χ2n) is 9.56. The minimum absolute atomic E-state index is 0. The molecular weight excluding hydrogens is 571 g/mol. The Morgan fingerprint density at radius 2 is 1.97 bits per heavy atom. The summed E-state index contributed by atoms with van der Waals surface area (Å²) in [5.74, 6) is -0.773. The lowest BCUT2D eigenvalue weighted by Crippen LogP contribution is -2.61. The number of halogens is 2. The van der Waals surface area contributed by atoms with Crippen molar-refractivity contribution < 1.29 is 18.0 Å². The third-order valence-corrected chi connectivity index (χ3v) is 10.2. The van der Waals surface area contributed by atoms with Crippen molar-refractivity contribution in [3.8, 4) is 0 Å². The van der Waals surface area contributed by atoms with Gasteiger partial charge in [-0.05, 0) is 44.5 Å². The van der Waals surface area contributed by atoms with Crippen molar-refractivity contribution in [3.05, 3.63) is 44.9 Å². The molecule has 1 fully saturated rings. The highest BCUT2D eigenvalue weighted by Gasteiger charge is 2.41. The molecule has 1 unspecified atom stereocenters. The highest BCUT2D eigenvalue weighted by Crippen LogP contribution is 2.29. The number of H-pyrrole nitrogens is 1. The first-order valence-electron chi connectivity index (χ1n) is 12.1. The monoisotopic (exact) mass is 600 g/mol. The van der Waals surface area contributed by atoms with E-state index in [1.165, 1.54) is 33.7 Å². The zero-order chi connectivity index (χ0) is 26.5. The van der Waals surface area contributed by atoms with Crippen molar-refractivity contribution in [1.82, 2.24) is 29.4 Å². The number of hydrogen-bond donors (Lipinski definition) is 2. The van der Waals surface area contributed by atoms with Crippen LogP contribution in [0.5, 0.6) is 0 Å². The molecule has 0 bridgehead atoms. The summed E-state index contributed by atoms with van der Waals surface area (Å²) in [4.78, 5) is 38.8. The maximum atomic E-state index is 13.5. The molecule has 4 heterocycles. The van der Waals surface area contributed by atoms with E-state index in [9.17, 15) is 18.0 Å². The molecule has 1 atom stereocenters. The first-order valence-corrected chi connectivity index (χ1v) is 14.8. The molecule has 2 aliphatic heterocycles. The summed E-state index contributed by atoms with van der Waals surface area (Å²) in [6.45, 7) is 5.85. The summed E-state index contributed by atoms with van der Waals surface area (Å²) in [6.07, 6.45) is 0.832. The third-order valence-electron chi connectivity index (χ3n) is 7.00. The lowest BCUT2D eigenvalue weighted by Gasteiger charge is -2.39. The number of aromatic nitrogens is 2. The van der Waals surface area contributed by atoms with Crippen LogP contribution >= 0.6 is 35.3 Å². The van der Waals surface area contributed by atoms with Gasteiger partial charge in [0.05, 0.1) is 5.69 Å². The summed E-state index contributed by atoms with van der Waals surface area (Å²) in [7, 11) is -2.47. The van der Waals surface area contributed by atoms with Gasteiger partial charge in [0, 0.05) is 66.6 Å². The number of fused-ring (bicyclic) bond motifs is 2. The second kappa shape index (κ2) is 11.1. The lowest BCUT2D eigenvalue weighted by atomic mass is 10.1. The van der Waals surface area contributed by atoms with E-state index in [0.29, 0.717) is 33.5 Å². The smallest absolute Gasteiger partial charge is 0.283 e. The van der Waals surface area contributed by atoms with Crippen molar-refractivity contribution in [2.24, 2.45) is 0 Å². The fourth-order valence-electron chi connectivity index (χ4n) is 4.84. The largest absolute Gasteiger partial charge is 0.357 e. The second-order valence-corrected chi connectivity index (χ2v) is 13.0. The van der Waals surface area contributed by atoms with Gasteiger partial charge < -0.3 is 15.2 Å². The topological polar surface area (TPSA) is 119 Å². The number of aromatic amines is 1. The predicted octanol–water partition coefficient (Wildman–Crippen LogP) is 2.73. The van der Waals surface area contributed by atoms with Crippen LogP contribution in [-0.2, 0) is 27.8 Å². The van der Waals surface area contributed by atoms with E-state index in [0.717, 1.165) is 23.5 Å². The Morgan fingerprint density at radius 3 is 2.68 bits per heavy atom. The number of likely N-dealkylation sites (N-methyl/N-ethyl adjacent to an activating group) is 1. The van der Waals surface area contributed by atoms with Gasteiger partial charge in [-0.15, -0.1) is 23.7 Å². The van der Waals surface area contributed by atoms with E-state index in [1.54, 1.807) is 18.2 Å². The zero-order valence-corrected chi connectivity index (χ0v) is 24.4. The van der Waals surface area contributed by atoms with Gasteiger partial charge in [-0.2, -0.15) is 4.31 Å². The van der Waals surface area contributed by atoms with Crippen LogP contribution in [0.25, 0.3) is 10.9 Å². The highest BCUT2D eigenvalue weighted by atomic mass is 35.5. The van der Waals surface area contributed by atoms with Crippen LogP contribution in [0, 0.1) is 0 Å². The molecule has 1 saturated heterocycles. The fraction of sp³-hybridized carbons (Fsp3) is 0.458. The number of piperazine rings is 1. The van der Waals surface area contributed by atoms with E-state index in [2.05, 4.69) is 34.0 Å². The molecule has 3 aromatic rings. The number of benzene rings is 1. The van der Waals surface area contributed by atoms with Gasteiger partial charge in [0.25, 0.3) is 15.9 Å². The van der Waals surface area contributed by atoms with Crippen molar-refractivity contribution >= 4 is 68.1 Å². The molecule has 0 radical (unpaired) electrons. The fourth-order valence-corrected chi connectivity index (χ4v) is 7.49. The average Bonchev–Trinajstić information content (AvgIpc) is 3.51. The first kappa shape index (κ1) is 28.8. The summed E-state index contributed by atoms with van der Waals surface area (Å²) in [5.41, 5.74) is 1.55. The summed E-state index contributed by atoms with van der Waals surface area (Å²) >= 11 is 7.42. The zero-order valence-electron chi connectivity index (χ0n) is 21.2. The van der Waals surface area contributed by atoms with E-state index in [1.807, 2.05) is 0 Å². The molecule has 206 valence electrons. The molecule has 14 heteroatoms. The number of rotatable bonds is 5. The molecule has 2 N–H and O–H groups in total. The Kier molecular flexibility index (Phi) is 8.41. The van der Waals surface area contributed by atoms with Gasteiger partial charge >= 0.3 is 0 Å². The molecule has 0 spiro atoms. The van der Waals surface area contributed by atoms with Crippen molar-refractivity contribution in [3.63, 3.8) is 0 Å². The van der Waals surface area contributed by atoms with Crippen molar-refractivity contribution in [2.75, 3.05) is 33.2 Å².